The van der Waals surface area contributed by atoms with Crippen molar-refractivity contribution < 1.29 is 490 Å². The van der Waals surface area contributed by atoms with E-state index in [-0.39, 0.29) is 411 Å². The van der Waals surface area contributed by atoms with Crippen molar-refractivity contribution in [3.63, 3.8) is 0 Å². The van der Waals surface area contributed by atoms with Crippen LogP contribution in [0.1, 0.15) is 55.4 Å². The van der Waals surface area contributed by atoms with Crippen LogP contribution in [0.2, 0.25) is 0 Å². The van der Waals surface area contributed by atoms with Gasteiger partial charge in [-0.3, -0.25) is 0 Å². The smallest absolute Gasteiger partial charge is 0.550 e. The fourth-order valence-corrected chi connectivity index (χ4v) is 0. The third-order valence-corrected chi connectivity index (χ3v) is 0. The second-order valence-corrected chi connectivity index (χ2v) is 3.93. The van der Waals surface area contributed by atoms with Crippen LogP contribution in [0.15, 0.2) is 0 Å². The van der Waals surface area contributed by atoms with E-state index in [1.54, 1.807) is 0 Å². The van der Waals surface area contributed by atoms with Gasteiger partial charge in [-0.25, -0.2) is 0 Å². The predicted molar refractivity (Wildman–Crippen MR) is 85.4 cm³/mol. The summed E-state index contributed by atoms with van der Waals surface area (Å²) in [4.78, 5) is 71.1. The number of carbonyl (C=O) groups is 8. The average molecular weight is 785 g/mol. The molecule has 0 radical (unpaired) electrons. The number of carboxylic acids is 8. The van der Waals surface area contributed by atoms with E-state index >= 15 is 0 Å². The summed E-state index contributed by atoms with van der Waals surface area (Å²) in [6.07, 6.45) is 0. The van der Waals surface area contributed by atoms with Crippen molar-refractivity contribution in [2.45, 2.75) is 55.4 Å². The van der Waals surface area contributed by atoms with Crippen LogP contribution in [0.3, 0.4) is 0 Å². The van der Waals surface area contributed by atoms with Crippen LogP contribution < -0.4 is 452 Å². The van der Waals surface area contributed by atoms with Crippen LogP contribution in [0.5, 0.6) is 0 Å². The van der Waals surface area contributed by atoms with E-state index in [0.717, 1.165) is 55.4 Å². The van der Waals surface area contributed by atoms with Crippen molar-refractivity contribution in [1.82, 2.24) is 0 Å². The largest absolute Gasteiger partial charge is 1.00 e. The summed E-state index contributed by atoms with van der Waals surface area (Å²) in [5, 5.41) is 71.1. The SMILES string of the molecule is CC(=O)[O-].CC(=O)[O-].CC(=O)[O-].CC(=O)[O-].CC(=O)[O-].CC(=O)[O-].CC(=O)[O-].CC(=O)[O-].[K+].[K+].[K+].[K+].[K+].[K+].[K+].[K+]. The Morgan fingerprint density at radius 1 is 0.225 bits per heavy atom. The van der Waals surface area contributed by atoms with Gasteiger partial charge in [0.15, 0.2) is 0 Å². The van der Waals surface area contributed by atoms with Gasteiger partial charge in [0, 0.05) is 47.8 Å². The minimum Gasteiger partial charge on any atom is -0.550 e. The molecule has 0 amide bonds. The third kappa shape index (κ3) is 1260. The molecule has 0 aromatic heterocycles. The van der Waals surface area contributed by atoms with Crippen molar-refractivity contribution in [1.29, 1.82) is 0 Å². The molecule has 0 aliphatic rings. The predicted octanol–water partition coefficient (Wildman–Crippen LogP) is -33.9. The molecule has 0 unspecified atom stereocenters. The van der Waals surface area contributed by atoms with Gasteiger partial charge in [0.2, 0.25) is 0 Å². The van der Waals surface area contributed by atoms with Crippen LogP contribution in [-0.2, 0) is 38.4 Å². The fraction of sp³-hybridized carbons (Fsp3) is 0.500. The average Bonchev–Trinajstić information content (AvgIpc) is 2.30. The Kier molecular flexibility index (Phi) is 252. The monoisotopic (exact) mass is 784 g/mol. The maximum atomic E-state index is 8.89. The topological polar surface area (TPSA) is 321 Å². The van der Waals surface area contributed by atoms with Crippen LogP contribution >= 0.6 is 0 Å². The van der Waals surface area contributed by atoms with Crippen LogP contribution in [0, 0.1) is 0 Å². The van der Waals surface area contributed by atoms with Gasteiger partial charge >= 0.3 is 411 Å². The molecular formula is C16H24K8O16. The van der Waals surface area contributed by atoms with Gasteiger partial charge in [-0.05, 0) is 55.4 Å². The van der Waals surface area contributed by atoms with E-state index in [1.165, 1.54) is 0 Å². The van der Waals surface area contributed by atoms with E-state index in [0.29, 0.717) is 0 Å². The molecule has 0 saturated heterocycles. The van der Waals surface area contributed by atoms with E-state index in [1.807, 2.05) is 0 Å². The Balaban J connectivity index is -0.0000000114. The van der Waals surface area contributed by atoms with Gasteiger partial charge in [0.25, 0.3) is 0 Å². The molecular weight excluding hydrogens is 761 g/mol. The number of hydrogen-bond acceptors (Lipinski definition) is 16. The zero-order chi connectivity index (χ0) is 28.6. The number of hydrogen-bond donors (Lipinski definition) is 0. The molecule has 24 heteroatoms. The van der Waals surface area contributed by atoms with E-state index in [2.05, 4.69) is 0 Å². The Hall–Kier alpha value is 8.85. The molecule has 0 spiro atoms. The molecule has 0 heterocycles. The molecule has 0 aliphatic heterocycles. The molecule has 0 aliphatic carbocycles. The second kappa shape index (κ2) is 97.3. The van der Waals surface area contributed by atoms with E-state index in [9.17, 15) is 0 Å². The zero-order valence-electron chi connectivity index (χ0n) is 26.5. The normalized spacial score (nSPS) is 5.00. The maximum Gasteiger partial charge on any atom is 1.00 e. The standard InChI is InChI=1S/8C2H4O2.8K/c8*1-2(3)4;;;;;;;;/h8*1H3,(H,3,4);;;;;;;;/q;;;;;;;;8*+1/p-8. The Morgan fingerprint density at radius 2 is 0.225 bits per heavy atom. The molecule has 0 bridgehead atoms. The molecule has 16 nitrogen and oxygen atoms in total. The summed E-state index contributed by atoms with van der Waals surface area (Å²) < 4.78 is 0. The van der Waals surface area contributed by atoms with Gasteiger partial charge < -0.3 is 79.2 Å². The van der Waals surface area contributed by atoms with Crippen molar-refractivity contribution in [3.8, 4) is 0 Å². The van der Waals surface area contributed by atoms with Crippen LogP contribution in [0.4, 0.5) is 0 Å². The molecule has 192 valence electrons. The Morgan fingerprint density at radius 3 is 0.225 bits per heavy atom. The first-order valence-corrected chi connectivity index (χ1v) is 7.27. The van der Waals surface area contributed by atoms with Gasteiger partial charge in [-0.2, -0.15) is 0 Å². The van der Waals surface area contributed by atoms with Gasteiger partial charge in [0.1, 0.15) is 0 Å². The number of carboxylic acid groups (broad SMARTS) is 8. The molecule has 0 fully saturated rings. The summed E-state index contributed by atoms with van der Waals surface area (Å²) in [6.45, 7) is 7.78. The first-order chi connectivity index (χ1) is 13.9. The van der Waals surface area contributed by atoms with Crippen molar-refractivity contribution >= 4 is 47.8 Å². The van der Waals surface area contributed by atoms with Gasteiger partial charge in [-0.1, -0.05) is 0 Å². The third-order valence-electron chi connectivity index (χ3n) is 0. The summed E-state index contributed by atoms with van der Waals surface area (Å²) in [5.41, 5.74) is 0. The number of aliphatic carboxylic acids is 8. The molecule has 0 aromatic carbocycles. The van der Waals surface area contributed by atoms with Crippen molar-refractivity contribution in [2.75, 3.05) is 0 Å². The van der Waals surface area contributed by atoms with Gasteiger partial charge in [0.05, 0.1) is 0 Å². The van der Waals surface area contributed by atoms with E-state index < -0.39 is 47.8 Å². The number of carbonyl (C=O) groups excluding carboxylic acids is 8. The fourth-order valence-electron chi connectivity index (χ4n) is 0. The maximum absolute atomic E-state index is 8.89. The quantitative estimate of drug-likeness (QED) is 0.206. The first-order valence-electron chi connectivity index (χ1n) is 7.27. The first kappa shape index (κ1) is 104. The summed E-state index contributed by atoms with van der Waals surface area (Å²) in [7, 11) is 0. The summed E-state index contributed by atoms with van der Waals surface area (Å²) in [5.74, 6) is -8.67. The molecule has 0 atom stereocenters. The zero-order valence-corrected chi connectivity index (χ0v) is 51.5. The summed E-state index contributed by atoms with van der Waals surface area (Å²) >= 11 is 0. The van der Waals surface area contributed by atoms with Crippen LogP contribution in [-0.4, -0.2) is 47.8 Å². The Labute approximate surface area is 574 Å². The number of rotatable bonds is 0. The van der Waals surface area contributed by atoms with E-state index in [4.69, 9.17) is 79.2 Å². The second-order valence-electron chi connectivity index (χ2n) is 3.93. The molecule has 0 rings (SSSR count). The van der Waals surface area contributed by atoms with Crippen molar-refractivity contribution in [2.24, 2.45) is 0 Å². The molecule has 40 heavy (non-hydrogen) atoms. The molecule has 0 N–H and O–H groups in total. The Bertz CT molecular complexity index is 389. The van der Waals surface area contributed by atoms with Gasteiger partial charge in [-0.15, -0.1) is 0 Å². The molecule has 0 saturated carbocycles. The van der Waals surface area contributed by atoms with Crippen molar-refractivity contribution in [3.05, 3.63) is 0 Å². The minimum atomic E-state index is -1.08. The minimum absolute atomic E-state index is 0. The van der Waals surface area contributed by atoms with Crippen LogP contribution in [0.25, 0.3) is 0 Å². The molecule has 0 aromatic rings. The summed E-state index contributed by atoms with van der Waals surface area (Å²) in [6, 6.07) is 0.